The van der Waals surface area contributed by atoms with E-state index < -0.39 is 0 Å². The lowest BCUT2D eigenvalue weighted by Crippen LogP contribution is -2.36. The van der Waals surface area contributed by atoms with E-state index in [1.54, 1.807) is 17.0 Å². The maximum atomic E-state index is 12.8. The van der Waals surface area contributed by atoms with Gasteiger partial charge in [-0.25, -0.2) is 9.78 Å². The van der Waals surface area contributed by atoms with Crippen LogP contribution >= 0.6 is 0 Å². The fraction of sp³-hybridized carbons (Fsp3) is 0.571. The second-order valence-electron chi connectivity index (χ2n) is 8.36. The van der Waals surface area contributed by atoms with Crippen LogP contribution in [0.4, 0.5) is 0 Å². The van der Waals surface area contributed by atoms with Gasteiger partial charge in [-0.2, -0.15) is 0 Å². The van der Waals surface area contributed by atoms with Crippen molar-refractivity contribution in [2.75, 3.05) is 19.7 Å². The average Bonchev–Trinajstić information content (AvgIpc) is 3.40. The minimum Gasteiger partial charge on any atom is -0.377 e. The van der Waals surface area contributed by atoms with Crippen LogP contribution in [-0.2, 0) is 4.74 Å². The molecule has 0 spiro atoms. The van der Waals surface area contributed by atoms with Gasteiger partial charge in [0.25, 0.3) is 5.56 Å². The van der Waals surface area contributed by atoms with Crippen LogP contribution in [0.3, 0.4) is 0 Å². The van der Waals surface area contributed by atoms with Crippen molar-refractivity contribution >= 4 is 21.9 Å². The van der Waals surface area contributed by atoms with Crippen LogP contribution in [0.5, 0.6) is 0 Å². The van der Waals surface area contributed by atoms with E-state index in [4.69, 9.17) is 4.74 Å². The number of aromatic amines is 2. The standard InChI is InChI=1S/C21H27N5O3/c27-20-17-12-24-19-16(7-8-23-19)18(17)26(21(28)25-20)14-5-3-13(4-6-14)10-22-11-15-2-1-9-29-15/h7-8,12-15,22H,1-6,9-11H2,(H,23,24)(H,25,27,28)/t13-,14-,15?. The summed E-state index contributed by atoms with van der Waals surface area (Å²) in [6.45, 7) is 2.82. The number of rotatable bonds is 5. The molecule has 0 amide bonds. The monoisotopic (exact) mass is 397 g/mol. The number of nitrogens with zero attached hydrogens (tertiary/aromatic N) is 2. The highest BCUT2D eigenvalue weighted by molar-refractivity contribution is 6.01. The van der Waals surface area contributed by atoms with Crippen LogP contribution in [0.2, 0.25) is 0 Å². The Morgan fingerprint density at radius 2 is 2.00 bits per heavy atom. The van der Waals surface area contributed by atoms with E-state index in [-0.39, 0.29) is 17.3 Å². The summed E-state index contributed by atoms with van der Waals surface area (Å²) in [6, 6.07) is 1.98. The van der Waals surface area contributed by atoms with Gasteiger partial charge in [-0.3, -0.25) is 14.3 Å². The Bertz CT molecular complexity index is 1120. The zero-order chi connectivity index (χ0) is 19.8. The molecule has 3 aromatic heterocycles. The third kappa shape index (κ3) is 3.51. The van der Waals surface area contributed by atoms with Crippen molar-refractivity contribution in [2.45, 2.75) is 50.7 Å². The highest BCUT2D eigenvalue weighted by Gasteiger charge is 2.26. The van der Waals surface area contributed by atoms with E-state index in [2.05, 4.69) is 20.3 Å². The Balaban J connectivity index is 1.35. The van der Waals surface area contributed by atoms with Gasteiger partial charge in [-0.1, -0.05) is 0 Å². The van der Waals surface area contributed by atoms with Crippen molar-refractivity contribution in [3.8, 4) is 0 Å². The third-order valence-corrected chi connectivity index (χ3v) is 6.49. The van der Waals surface area contributed by atoms with Crippen LogP contribution in [-0.4, -0.2) is 45.3 Å². The minimum atomic E-state index is -0.371. The number of nitrogens with one attached hydrogen (secondary N) is 3. The Hall–Kier alpha value is -2.45. The summed E-state index contributed by atoms with van der Waals surface area (Å²) in [4.78, 5) is 35.0. The van der Waals surface area contributed by atoms with Gasteiger partial charge in [0.15, 0.2) is 0 Å². The second-order valence-corrected chi connectivity index (χ2v) is 8.36. The molecule has 2 fully saturated rings. The van der Waals surface area contributed by atoms with Crippen molar-refractivity contribution in [1.82, 2.24) is 24.8 Å². The normalized spacial score (nSPS) is 25.2. The van der Waals surface area contributed by atoms with Crippen molar-refractivity contribution in [1.29, 1.82) is 0 Å². The molecule has 8 heteroatoms. The van der Waals surface area contributed by atoms with E-state index in [1.807, 2.05) is 6.07 Å². The molecule has 1 saturated heterocycles. The second kappa shape index (κ2) is 7.76. The molecule has 3 N–H and O–H groups in total. The van der Waals surface area contributed by atoms with Crippen molar-refractivity contribution in [3.63, 3.8) is 0 Å². The smallest absolute Gasteiger partial charge is 0.329 e. The summed E-state index contributed by atoms with van der Waals surface area (Å²) in [7, 11) is 0. The molecule has 1 saturated carbocycles. The first-order valence-corrected chi connectivity index (χ1v) is 10.6. The lowest BCUT2D eigenvalue weighted by molar-refractivity contribution is 0.108. The predicted molar refractivity (Wildman–Crippen MR) is 111 cm³/mol. The predicted octanol–water partition coefficient (Wildman–Crippen LogP) is 2.07. The Morgan fingerprint density at radius 3 is 2.79 bits per heavy atom. The van der Waals surface area contributed by atoms with E-state index in [9.17, 15) is 9.59 Å². The molecule has 1 atom stereocenters. The highest BCUT2D eigenvalue weighted by Crippen LogP contribution is 2.33. The van der Waals surface area contributed by atoms with E-state index in [1.165, 1.54) is 6.42 Å². The van der Waals surface area contributed by atoms with Gasteiger partial charge in [-0.05, 0) is 57.1 Å². The van der Waals surface area contributed by atoms with Crippen molar-refractivity contribution < 1.29 is 4.74 Å². The molecule has 0 radical (unpaired) electrons. The lowest BCUT2D eigenvalue weighted by atomic mass is 9.85. The molecule has 5 rings (SSSR count). The summed E-state index contributed by atoms with van der Waals surface area (Å²) in [5.74, 6) is 0.617. The van der Waals surface area contributed by atoms with Gasteiger partial charge in [0.2, 0.25) is 0 Å². The SMILES string of the molecule is O=c1[nH]c(=O)n([C@H]2CC[C@H](CNCC3CCCO3)CC2)c2c1cnc1[nH]ccc12. The molecular weight excluding hydrogens is 370 g/mol. The summed E-state index contributed by atoms with van der Waals surface area (Å²) >= 11 is 0. The summed E-state index contributed by atoms with van der Waals surface area (Å²) in [5, 5.41) is 4.86. The Morgan fingerprint density at radius 1 is 1.14 bits per heavy atom. The zero-order valence-corrected chi connectivity index (χ0v) is 16.4. The van der Waals surface area contributed by atoms with Crippen LogP contribution < -0.4 is 16.6 Å². The number of aromatic nitrogens is 4. The van der Waals surface area contributed by atoms with Gasteiger partial charge in [0, 0.05) is 37.0 Å². The highest BCUT2D eigenvalue weighted by atomic mass is 16.5. The van der Waals surface area contributed by atoms with Crippen molar-refractivity contribution in [2.24, 2.45) is 5.92 Å². The summed E-state index contributed by atoms with van der Waals surface area (Å²) < 4.78 is 7.47. The third-order valence-electron chi connectivity index (χ3n) is 6.49. The van der Waals surface area contributed by atoms with Crippen LogP contribution in [0.15, 0.2) is 28.0 Å². The largest absolute Gasteiger partial charge is 0.377 e. The quantitative estimate of drug-likeness (QED) is 0.611. The molecule has 0 bridgehead atoms. The van der Waals surface area contributed by atoms with Gasteiger partial charge in [0.1, 0.15) is 5.65 Å². The number of hydrogen-bond acceptors (Lipinski definition) is 5. The maximum Gasteiger partial charge on any atom is 0.329 e. The lowest BCUT2D eigenvalue weighted by Gasteiger charge is -2.30. The van der Waals surface area contributed by atoms with Gasteiger partial charge in [0.05, 0.1) is 17.0 Å². The number of fused-ring (bicyclic) bond motifs is 3. The molecule has 8 nitrogen and oxygen atoms in total. The van der Waals surface area contributed by atoms with Crippen LogP contribution in [0.1, 0.15) is 44.6 Å². The Labute approximate surface area is 167 Å². The first-order chi connectivity index (χ1) is 14.2. The fourth-order valence-corrected chi connectivity index (χ4v) is 4.96. The molecule has 1 aliphatic heterocycles. The molecule has 154 valence electrons. The fourth-order valence-electron chi connectivity index (χ4n) is 4.96. The molecular formula is C21H27N5O3. The number of hydrogen-bond donors (Lipinski definition) is 3. The zero-order valence-electron chi connectivity index (χ0n) is 16.4. The molecule has 0 aromatic carbocycles. The van der Waals surface area contributed by atoms with Crippen LogP contribution in [0, 0.1) is 5.92 Å². The number of pyridine rings is 1. The first-order valence-electron chi connectivity index (χ1n) is 10.6. The van der Waals surface area contributed by atoms with Gasteiger partial charge >= 0.3 is 5.69 Å². The van der Waals surface area contributed by atoms with Crippen molar-refractivity contribution in [3.05, 3.63) is 39.3 Å². The first kappa shape index (κ1) is 18.6. The number of ether oxygens (including phenoxy) is 1. The van der Waals surface area contributed by atoms with E-state index >= 15 is 0 Å². The molecule has 1 unspecified atom stereocenters. The molecule has 2 aliphatic rings. The van der Waals surface area contributed by atoms with E-state index in [0.29, 0.717) is 28.6 Å². The number of H-pyrrole nitrogens is 2. The maximum absolute atomic E-state index is 12.8. The molecule has 3 aromatic rings. The summed E-state index contributed by atoms with van der Waals surface area (Å²) in [6.07, 6.45) is 10.1. The minimum absolute atomic E-state index is 0.0942. The topological polar surface area (TPSA) is 105 Å². The Kier molecular flexibility index (Phi) is 4.97. The van der Waals surface area contributed by atoms with Crippen LogP contribution in [0.25, 0.3) is 21.9 Å². The van der Waals surface area contributed by atoms with E-state index in [0.717, 1.165) is 57.2 Å². The van der Waals surface area contributed by atoms with Gasteiger partial charge in [-0.15, -0.1) is 0 Å². The molecule has 29 heavy (non-hydrogen) atoms. The molecule has 1 aliphatic carbocycles. The van der Waals surface area contributed by atoms with Gasteiger partial charge < -0.3 is 15.0 Å². The summed E-state index contributed by atoms with van der Waals surface area (Å²) in [5.41, 5.74) is 0.702. The average molecular weight is 397 g/mol. The molecule has 4 heterocycles.